The van der Waals surface area contributed by atoms with E-state index in [2.05, 4.69) is 17.9 Å². The van der Waals surface area contributed by atoms with Crippen molar-refractivity contribution in [3.05, 3.63) is 35.4 Å². The summed E-state index contributed by atoms with van der Waals surface area (Å²) >= 11 is 0. The summed E-state index contributed by atoms with van der Waals surface area (Å²) in [7, 11) is 0. The SMILES string of the molecule is CC1(CN)CCN(C(=O)c2ccccc2CN2CCOCC2)C1.Cl.Cl. The number of amides is 1. The van der Waals surface area contributed by atoms with Gasteiger partial charge in [0.2, 0.25) is 0 Å². The molecule has 2 N–H and O–H groups in total. The van der Waals surface area contributed by atoms with E-state index in [9.17, 15) is 4.79 Å². The predicted molar refractivity (Wildman–Crippen MR) is 105 cm³/mol. The zero-order valence-electron chi connectivity index (χ0n) is 14.8. The van der Waals surface area contributed by atoms with Crippen molar-refractivity contribution in [2.45, 2.75) is 19.9 Å². The van der Waals surface area contributed by atoms with Crippen LogP contribution in [-0.4, -0.2) is 61.6 Å². The van der Waals surface area contributed by atoms with Gasteiger partial charge in [-0.2, -0.15) is 0 Å². The molecule has 0 spiro atoms. The third kappa shape index (κ3) is 5.31. The summed E-state index contributed by atoms with van der Waals surface area (Å²) in [4.78, 5) is 17.3. The average Bonchev–Trinajstić information content (AvgIpc) is 2.99. The lowest BCUT2D eigenvalue weighted by Crippen LogP contribution is -2.37. The fraction of sp³-hybridized carbons (Fsp3) is 0.611. The van der Waals surface area contributed by atoms with Gasteiger partial charge in [0.1, 0.15) is 0 Å². The molecular formula is C18H29Cl2N3O2. The standard InChI is InChI=1S/C18H27N3O2.2ClH/c1-18(13-19)6-7-21(14-18)17(22)16-5-3-2-4-15(16)12-20-8-10-23-11-9-20;;/h2-5H,6-14,19H2,1H3;2*1H. The maximum Gasteiger partial charge on any atom is 0.254 e. The third-order valence-electron chi connectivity index (χ3n) is 5.08. The minimum Gasteiger partial charge on any atom is -0.379 e. The minimum absolute atomic E-state index is 0. The van der Waals surface area contributed by atoms with Gasteiger partial charge >= 0.3 is 0 Å². The van der Waals surface area contributed by atoms with Gasteiger partial charge in [-0.3, -0.25) is 9.69 Å². The second-order valence-electron chi connectivity index (χ2n) is 7.04. The van der Waals surface area contributed by atoms with Crippen LogP contribution >= 0.6 is 24.8 Å². The van der Waals surface area contributed by atoms with Gasteiger partial charge < -0.3 is 15.4 Å². The normalized spacial score (nSPS) is 23.7. The molecule has 0 saturated carbocycles. The summed E-state index contributed by atoms with van der Waals surface area (Å²) in [6, 6.07) is 7.99. The Balaban J connectivity index is 0.00000156. The van der Waals surface area contributed by atoms with Gasteiger partial charge in [0.25, 0.3) is 5.91 Å². The molecule has 1 aromatic carbocycles. The molecule has 2 fully saturated rings. The first-order valence-electron chi connectivity index (χ1n) is 8.49. The molecule has 0 bridgehead atoms. The summed E-state index contributed by atoms with van der Waals surface area (Å²) in [6.45, 7) is 8.58. The summed E-state index contributed by atoms with van der Waals surface area (Å²) in [5.74, 6) is 0.144. The molecule has 3 rings (SSSR count). The molecule has 7 heteroatoms. The van der Waals surface area contributed by atoms with Crippen molar-refractivity contribution < 1.29 is 9.53 Å². The summed E-state index contributed by atoms with van der Waals surface area (Å²) in [5.41, 5.74) is 7.88. The summed E-state index contributed by atoms with van der Waals surface area (Å²) in [5, 5.41) is 0. The number of hydrogen-bond donors (Lipinski definition) is 1. The van der Waals surface area contributed by atoms with E-state index < -0.39 is 0 Å². The molecule has 1 atom stereocenters. The first kappa shape index (κ1) is 22.2. The van der Waals surface area contributed by atoms with Crippen molar-refractivity contribution in [1.82, 2.24) is 9.80 Å². The Bertz CT molecular complexity index is 567. The van der Waals surface area contributed by atoms with Crippen molar-refractivity contribution in [3.8, 4) is 0 Å². The highest BCUT2D eigenvalue weighted by molar-refractivity contribution is 5.96. The van der Waals surface area contributed by atoms with Crippen LogP contribution < -0.4 is 5.73 Å². The largest absolute Gasteiger partial charge is 0.379 e. The van der Waals surface area contributed by atoms with E-state index in [1.807, 2.05) is 23.1 Å². The van der Waals surface area contributed by atoms with Crippen LogP contribution in [0.15, 0.2) is 24.3 Å². The maximum atomic E-state index is 13.0. The Labute approximate surface area is 162 Å². The van der Waals surface area contributed by atoms with E-state index in [0.29, 0.717) is 6.54 Å². The molecule has 1 unspecified atom stereocenters. The van der Waals surface area contributed by atoms with Crippen molar-refractivity contribution in [2.75, 3.05) is 45.9 Å². The Morgan fingerprint density at radius 2 is 1.88 bits per heavy atom. The van der Waals surface area contributed by atoms with Crippen molar-refractivity contribution in [3.63, 3.8) is 0 Å². The molecule has 2 saturated heterocycles. The number of rotatable bonds is 4. The summed E-state index contributed by atoms with van der Waals surface area (Å²) in [6.07, 6.45) is 0.987. The number of likely N-dealkylation sites (tertiary alicyclic amines) is 1. The molecule has 25 heavy (non-hydrogen) atoms. The molecule has 2 heterocycles. The van der Waals surface area contributed by atoms with Crippen molar-refractivity contribution >= 4 is 30.7 Å². The highest BCUT2D eigenvalue weighted by Crippen LogP contribution is 2.30. The number of nitrogens with two attached hydrogens (primary N) is 1. The number of benzene rings is 1. The Hall–Kier alpha value is -0.850. The van der Waals surface area contributed by atoms with Gasteiger partial charge in [0, 0.05) is 38.3 Å². The molecule has 2 aliphatic heterocycles. The van der Waals surface area contributed by atoms with Crippen LogP contribution in [0, 0.1) is 5.41 Å². The van der Waals surface area contributed by atoms with Crippen LogP contribution in [0.25, 0.3) is 0 Å². The van der Waals surface area contributed by atoms with Gasteiger partial charge in [-0.05, 0) is 30.0 Å². The number of halogens is 2. The molecule has 2 aliphatic rings. The van der Waals surface area contributed by atoms with Gasteiger partial charge in [-0.1, -0.05) is 25.1 Å². The second-order valence-corrected chi connectivity index (χ2v) is 7.04. The topological polar surface area (TPSA) is 58.8 Å². The van der Waals surface area contributed by atoms with Crippen LogP contribution in [-0.2, 0) is 11.3 Å². The van der Waals surface area contributed by atoms with E-state index in [4.69, 9.17) is 10.5 Å². The lowest BCUT2D eigenvalue weighted by Gasteiger charge is -2.28. The highest BCUT2D eigenvalue weighted by Gasteiger charge is 2.35. The monoisotopic (exact) mass is 389 g/mol. The lowest BCUT2D eigenvalue weighted by molar-refractivity contribution is 0.0340. The Kier molecular flexibility index (Phi) is 8.64. The lowest BCUT2D eigenvalue weighted by atomic mass is 9.90. The first-order valence-corrected chi connectivity index (χ1v) is 8.49. The minimum atomic E-state index is 0. The molecule has 5 nitrogen and oxygen atoms in total. The molecule has 0 aromatic heterocycles. The number of morpholine rings is 1. The quantitative estimate of drug-likeness (QED) is 0.856. The fourth-order valence-electron chi connectivity index (χ4n) is 3.40. The number of carbonyl (C=O) groups excluding carboxylic acids is 1. The molecule has 0 radical (unpaired) electrons. The van der Waals surface area contributed by atoms with E-state index in [0.717, 1.165) is 63.5 Å². The molecule has 1 amide bonds. The zero-order chi connectivity index (χ0) is 16.3. The third-order valence-corrected chi connectivity index (χ3v) is 5.08. The number of ether oxygens (including phenoxy) is 1. The number of carbonyl (C=O) groups is 1. The van der Waals surface area contributed by atoms with Gasteiger partial charge in [-0.25, -0.2) is 0 Å². The highest BCUT2D eigenvalue weighted by atomic mass is 35.5. The molecule has 0 aliphatic carbocycles. The molecule has 142 valence electrons. The maximum absolute atomic E-state index is 13.0. The van der Waals surface area contributed by atoms with Crippen LogP contribution in [0.3, 0.4) is 0 Å². The second kappa shape index (κ2) is 9.74. The molecular weight excluding hydrogens is 361 g/mol. The van der Waals surface area contributed by atoms with Crippen LogP contribution in [0.2, 0.25) is 0 Å². The van der Waals surface area contributed by atoms with Crippen molar-refractivity contribution in [1.29, 1.82) is 0 Å². The van der Waals surface area contributed by atoms with E-state index in [1.165, 1.54) is 0 Å². The van der Waals surface area contributed by atoms with E-state index in [-0.39, 0.29) is 36.1 Å². The van der Waals surface area contributed by atoms with Crippen LogP contribution in [0.4, 0.5) is 0 Å². The zero-order valence-corrected chi connectivity index (χ0v) is 16.4. The Morgan fingerprint density at radius 3 is 2.52 bits per heavy atom. The van der Waals surface area contributed by atoms with E-state index >= 15 is 0 Å². The Morgan fingerprint density at radius 1 is 1.20 bits per heavy atom. The predicted octanol–water partition coefficient (Wildman–Crippen LogP) is 2.17. The fourth-order valence-corrected chi connectivity index (χ4v) is 3.40. The van der Waals surface area contributed by atoms with Gasteiger partial charge in [0.15, 0.2) is 0 Å². The smallest absolute Gasteiger partial charge is 0.254 e. The number of hydrogen-bond acceptors (Lipinski definition) is 4. The summed E-state index contributed by atoms with van der Waals surface area (Å²) < 4.78 is 5.40. The first-order chi connectivity index (χ1) is 11.1. The van der Waals surface area contributed by atoms with Crippen molar-refractivity contribution in [2.24, 2.45) is 11.1 Å². The van der Waals surface area contributed by atoms with Gasteiger partial charge in [0.05, 0.1) is 13.2 Å². The van der Waals surface area contributed by atoms with E-state index in [1.54, 1.807) is 0 Å². The van der Waals surface area contributed by atoms with Gasteiger partial charge in [-0.15, -0.1) is 24.8 Å². The number of nitrogens with zero attached hydrogens (tertiary/aromatic N) is 2. The van der Waals surface area contributed by atoms with Crippen LogP contribution in [0.1, 0.15) is 29.3 Å². The molecule has 1 aromatic rings. The average molecular weight is 390 g/mol. The van der Waals surface area contributed by atoms with Crippen LogP contribution in [0.5, 0.6) is 0 Å².